The maximum absolute atomic E-state index is 13.5. The molecular formula is C17H18F2N2O4. The molecule has 0 aliphatic carbocycles. The van der Waals surface area contributed by atoms with Gasteiger partial charge < -0.3 is 19.3 Å². The van der Waals surface area contributed by atoms with E-state index in [1.54, 1.807) is 4.90 Å². The fraction of sp³-hybridized carbons (Fsp3) is 0.412. The van der Waals surface area contributed by atoms with Crippen molar-refractivity contribution in [2.45, 2.75) is 31.9 Å². The Labute approximate surface area is 143 Å². The zero-order chi connectivity index (χ0) is 17.8. The molecule has 6 nitrogen and oxygen atoms in total. The fourth-order valence-corrected chi connectivity index (χ4v) is 2.83. The van der Waals surface area contributed by atoms with Crippen LogP contribution in [0.4, 0.5) is 8.78 Å². The highest BCUT2D eigenvalue weighted by atomic mass is 19.1. The van der Waals surface area contributed by atoms with E-state index in [9.17, 15) is 18.7 Å². The Hall–Kier alpha value is -2.48. The van der Waals surface area contributed by atoms with E-state index in [0.29, 0.717) is 6.54 Å². The molecule has 1 aliphatic heterocycles. The lowest BCUT2D eigenvalue weighted by Crippen LogP contribution is -2.45. The highest BCUT2D eigenvalue weighted by molar-refractivity contribution is 5.92. The van der Waals surface area contributed by atoms with E-state index in [0.717, 1.165) is 31.4 Å². The lowest BCUT2D eigenvalue weighted by atomic mass is 10.0. The molecule has 1 aromatic carbocycles. The number of piperidine rings is 1. The second kappa shape index (κ2) is 7.60. The van der Waals surface area contributed by atoms with Gasteiger partial charge in [0.25, 0.3) is 5.91 Å². The molecule has 3 rings (SSSR count). The Bertz CT molecular complexity index is 750. The van der Waals surface area contributed by atoms with Gasteiger partial charge in [-0.15, -0.1) is 0 Å². The van der Waals surface area contributed by atoms with E-state index >= 15 is 0 Å². The van der Waals surface area contributed by atoms with Gasteiger partial charge >= 0.3 is 0 Å². The molecule has 1 atom stereocenters. The van der Waals surface area contributed by atoms with Crippen molar-refractivity contribution in [3.8, 4) is 5.75 Å². The van der Waals surface area contributed by atoms with E-state index in [2.05, 4.69) is 5.16 Å². The number of aromatic nitrogens is 1. The van der Waals surface area contributed by atoms with Crippen molar-refractivity contribution in [3.05, 3.63) is 47.4 Å². The van der Waals surface area contributed by atoms with Crippen molar-refractivity contribution >= 4 is 5.91 Å². The van der Waals surface area contributed by atoms with E-state index in [-0.39, 0.29) is 42.4 Å². The molecule has 1 saturated heterocycles. The van der Waals surface area contributed by atoms with E-state index in [4.69, 9.17) is 9.26 Å². The van der Waals surface area contributed by atoms with Crippen molar-refractivity contribution in [2.75, 3.05) is 13.2 Å². The number of carbonyl (C=O) groups excluding carboxylic acids is 1. The van der Waals surface area contributed by atoms with Crippen LogP contribution in [0.2, 0.25) is 0 Å². The first-order valence-electron chi connectivity index (χ1n) is 8.03. The molecule has 0 saturated carbocycles. The van der Waals surface area contributed by atoms with Crippen molar-refractivity contribution in [1.82, 2.24) is 10.1 Å². The number of hydrogen-bond acceptors (Lipinski definition) is 5. The highest BCUT2D eigenvalue weighted by Gasteiger charge is 2.28. The first kappa shape index (κ1) is 17.3. The van der Waals surface area contributed by atoms with Crippen LogP contribution in [-0.4, -0.2) is 40.3 Å². The van der Waals surface area contributed by atoms with Gasteiger partial charge in [-0.1, -0.05) is 5.16 Å². The van der Waals surface area contributed by atoms with Crippen molar-refractivity contribution in [1.29, 1.82) is 0 Å². The average molecular weight is 352 g/mol. The number of rotatable bonds is 5. The molecule has 1 N–H and O–H groups in total. The van der Waals surface area contributed by atoms with Crippen molar-refractivity contribution < 1.29 is 27.9 Å². The van der Waals surface area contributed by atoms with Gasteiger partial charge in [0.15, 0.2) is 23.0 Å². The monoisotopic (exact) mass is 352 g/mol. The minimum absolute atomic E-state index is 0.0938. The molecule has 25 heavy (non-hydrogen) atoms. The summed E-state index contributed by atoms with van der Waals surface area (Å²) in [6.07, 6.45) is 2.59. The molecule has 0 spiro atoms. The third-order valence-electron chi connectivity index (χ3n) is 4.14. The lowest BCUT2D eigenvalue weighted by molar-refractivity contribution is 0.0493. The second-order valence-electron chi connectivity index (χ2n) is 5.87. The second-order valence-corrected chi connectivity index (χ2v) is 5.87. The summed E-state index contributed by atoms with van der Waals surface area (Å²) in [6.45, 7) is 0.319. The van der Waals surface area contributed by atoms with Gasteiger partial charge in [0.1, 0.15) is 12.4 Å². The molecule has 1 amide bonds. The van der Waals surface area contributed by atoms with Crippen LogP contribution in [0.3, 0.4) is 0 Å². The molecule has 1 aliphatic rings. The summed E-state index contributed by atoms with van der Waals surface area (Å²) >= 11 is 0. The quantitative estimate of drug-likeness (QED) is 0.895. The number of carbonyl (C=O) groups is 1. The van der Waals surface area contributed by atoms with Gasteiger partial charge in [-0.3, -0.25) is 4.79 Å². The van der Waals surface area contributed by atoms with Gasteiger partial charge in [-0.2, -0.15) is 0 Å². The molecule has 8 heteroatoms. The van der Waals surface area contributed by atoms with Gasteiger partial charge in [0.2, 0.25) is 0 Å². The minimum atomic E-state index is -0.824. The van der Waals surface area contributed by atoms with Crippen molar-refractivity contribution in [2.24, 2.45) is 0 Å². The highest BCUT2D eigenvalue weighted by Crippen LogP contribution is 2.21. The van der Waals surface area contributed by atoms with Crippen LogP contribution in [0.15, 0.2) is 28.8 Å². The van der Waals surface area contributed by atoms with Crippen LogP contribution in [0.1, 0.15) is 35.5 Å². The number of aliphatic hydroxyl groups excluding tert-OH is 1. The minimum Gasteiger partial charge on any atom is -0.482 e. The van der Waals surface area contributed by atoms with Crippen LogP contribution in [0.25, 0.3) is 0 Å². The zero-order valence-electron chi connectivity index (χ0n) is 13.5. The Balaban J connectivity index is 1.64. The van der Waals surface area contributed by atoms with Gasteiger partial charge in [-0.25, -0.2) is 8.78 Å². The Morgan fingerprint density at radius 3 is 2.96 bits per heavy atom. The summed E-state index contributed by atoms with van der Waals surface area (Å²) in [6, 6.07) is 4.18. The fourth-order valence-electron chi connectivity index (χ4n) is 2.83. The van der Waals surface area contributed by atoms with Gasteiger partial charge in [-0.05, 0) is 31.4 Å². The third kappa shape index (κ3) is 3.96. The number of ether oxygens (including phenoxy) is 1. The maximum Gasteiger partial charge on any atom is 0.276 e. The summed E-state index contributed by atoms with van der Waals surface area (Å²) in [4.78, 5) is 14.1. The van der Waals surface area contributed by atoms with Crippen LogP contribution < -0.4 is 4.74 Å². The number of amides is 1. The molecule has 1 aromatic heterocycles. The summed E-state index contributed by atoms with van der Waals surface area (Å²) in [5.74, 6) is -1.72. The number of halogens is 2. The van der Waals surface area contributed by atoms with E-state index in [1.807, 2.05) is 0 Å². The zero-order valence-corrected chi connectivity index (χ0v) is 13.5. The van der Waals surface area contributed by atoms with Gasteiger partial charge in [0.05, 0.1) is 12.6 Å². The predicted octanol–water partition coefficient (Wildman–Crippen LogP) is 2.52. The predicted molar refractivity (Wildman–Crippen MR) is 83.0 cm³/mol. The summed E-state index contributed by atoms with van der Waals surface area (Å²) in [7, 11) is 0. The van der Waals surface area contributed by atoms with E-state index in [1.165, 1.54) is 12.1 Å². The molecule has 2 heterocycles. The molecule has 1 fully saturated rings. The Morgan fingerprint density at radius 2 is 2.20 bits per heavy atom. The normalized spacial score (nSPS) is 17.6. The molecule has 134 valence electrons. The largest absolute Gasteiger partial charge is 0.482 e. The first-order valence-corrected chi connectivity index (χ1v) is 8.03. The Morgan fingerprint density at radius 1 is 1.36 bits per heavy atom. The lowest BCUT2D eigenvalue weighted by Gasteiger charge is -2.33. The smallest absolute Gasteiger partial charge is 0.276 e. The Kier molecular flexibility index (Phi) is 5.28. The summed E-state index contributed by atoms with van der Waals surface area (Å²) in [5, 5.41) is 13.1. The van der Waals surface area contributed by atoms with Gasteiger partial charge in [0, 0.05) is 18.7 Å². The molecule has 2 aromatic rings. The van der Waals surface area contributed by atoms with Crippen LogP contribution in [0, 0.1) is 11.6 Å². The number of benzene rings is 1. The number of aliphatic hydroxyl groups is 1. The molecule has 1 unspecified atom stereocenters. The maximum atomic E-state index is 13.5. The SMILES string of the molecule is O=C(c1cc(COc2ccc(F)cc2F)on1)N1CCCCC1CO. The standard InChI is InChI=1S/C17H18F2N2O4/c18-11-4-5-16(14(19)7-11)24-10-13-8-15(20-25-13)17(23)21-6-2-1-3-12(21)9-22/h4-5,7-8,12,22H,1-3,6,9-10H2. The van der Waals surface area contributed by atoms with Crippen LogP contribution in [0.5, 0.6) is 5.75 Å². The van der Waals surface area contributed by atoms with E-state index < -0.39 is 11.6 Å². The van der Waals surface area contributed by atoms with Crippen LogP contribution >= 0.6 is 0 Å². The average Bonchev–Trinajstić information content (AvgIpc) is 3.09. The third-order valence-corrected chi connectivity index (χ3v) is 4.14. The summed E-state index contributed by atoms with van der Waals surface area (Å²) < 4.78 is 36.6. The molecule has 0 radical (unpaired) electrons. The number of hydrogen-bond donors (Lipinski definition) is 1. The van der Waals surface area contributed by atoms with Crippen molar-refractivity contribution in [3.63, 3.8) is 0 Å². The number of likely N-dealkylation sites (tertiary alicyclic amines) is 1. The number of nitrogens with zero attached hydrogens (tertiary/aromatic N) is 2. The summed E-state index contributed by atoms with van der Waals surface area (Å²) in [5.41, 5.74) is 0.110. The molecule has 0 bridgehead atoms. The topological polar surface area (TPSA) is 75.8 Å². The first-order chi connectivity index (χ1) is 12.1. The molecular weight excluding hydrogens is 334 g/mol. The van der Waals surface area contributed by atoms with Crippen LogP contribution in [-0.2, 0) is 6.61 Å².